The van der Waals surface area contributed by atoms with Gasteiger partial charge in [-0.3, -0.25) is 0 Å². The normalized spacial score (nSPS) is 15.0. The van der Waals surface area contributed by atoms with Crippen LogP contribution in [-0.2, 0) is 6.42 Å². The molecule has 0 spiro atoms. The molecule has 0 saturated heterocycles. The van der Waals surface area contributed by atoms with E-state index in [-0.39, 0.29) is 0 Å². The Morgan fingerprint density at radius 1 is 0.818 bits per heavy atom. The van der Waals surface area contributed by atoms with Gasteiger partial charge in [-0.2, -0.15) is 0 Å². The maximum atomic E-state index is 2.39. The number of fused-ring (bicyclic) bond motifs is 5. The highest BCUT2D eigenvalue weighted by molar-refractivity contribution is 6.04. The number of hydrogen-bond acceptors (Lipinski definition) is 0. The van der Waals surface area contributed by atoms with Crippen molar-refractivity contribution in [1.29, 1.82) is 0 Å². The average Bonchev–Trinajstić information content (AvgIpc) is 3.22. The van der Waals surface area contributed by atoms with Crippen LogP contribution in [0.15, 0.2) is 72.8 Å². The van der Waals surface area contributed by atoms with Crippen LogP contribution in [0.3, 0.4) is 0 Å². The van der Waals surface area contributed by atoms with Crippen LogP contribution in [0, 0.1) is 0 Å². The van der Waals surface area contributed by atoms with Crippen LogP contribution in [0.1, 0.15) is 23.1 Å². The number of benzene rings is 3. The highest BCUT2D eigenvalue weighted by Gasteiger charge is 2.24. The van der Waals surface area contributed by atoms with E-state index >= 15 is 0 Å². The lowest BCUT2D eigenvalue weighted by Crippen LogP contribution is -1.93. The summed E-state index contributed by atoms with van der Waals surface area (Å²) in [6.07, 6.45) is 8.82. The lowest BCUT2D eigenvalue weighted by molar-refractivity contribution is 1.24. The Morgan fingerprint density at radius 3 is 2.59 bits per heavy atom. The Labute approximate surface area is 130 Å². The highest BCUT2D eigenvalue weighted by atomic mass is 14.3. The Kier molecular flexibility index (Phi) is 2.42. The molecule has 0 radical (unpaired) electrons. The fourth-order valence-corrected chi connectivity index (χ4v) is 3.92. The molecular weight excluding hydrogens is 264 g/mol. The van der Waals surface area contributed by atoms with Crippen molar-refractivity contribution in [3.8, 4) is 11.1 Å². The summed E-state index contributed by atoms with van der Waals surface area (Å²) in [4.78, 5) is 0. The van der Waals surface area contributed by atoms with E-state index in [2.05, 4.69) is 72.8 Å². The second-order valence-electron chi connectivity index (χ2n) is 6.16. The lowest BCUT2D eigenvalue weighted by atomic mass is 9.90. The van der Waals surface area contributed by atoms with Crippen molar-refractivity contribution >= 4 is 16.3 Å². The summed E-state index contributed by atoms with van der Waals surface area (Å²) < 4.78 is 0. The molecule has 22 heavy (non-hydrogen) atoms. The Hall–Kier alpha value is -2.60. The summed E-state index contributed by atoms with van der Waals surface area (Å²) in [5.41, 5.74) is 8.74. The van der Waals surface area contributed by atoms with Gasteiger partial charge in [-0.15, -0.1) is 0 Å². The van der Waals surface area contributed by atoms with E-state index in [4.69, 9.17) is 0 Å². The van der Waals surface area contributed by atoms with Crippen molar-refractivity contribution in [3.63, 3.8) is 0 Å². The van der Waals surface area contributed by atoms with Crippen LogP contribution >= 0.6 is 0 Å². The van der Waals surface area contributed by atoms with Crippen LogP contribution in [0.5, 0.6) is 0 Å². The van der Waals surface area contributed by atoms with Crippen molar-refractivity contribution in [1.82, 2.24) is 0 Å². The first-order valence-electron chi connectivity index (χ1n) is 7.91. The maximum absolute atomic E-state index is 2.39. The summed E-state index contributed by atoms with van der Waals surface area (Å²) in [6, 6.07) is 20.0. The van der Waals surface area contributed by atoms with Crippen LogP contribution in [0.2, 0.25) is 0 Å². The van der Waals surface area contributed by atoms with Crippen LogP contribution in [0.4, 0.5) is 0 Å². The number of rotatable bonds is 1. The Bertz CT molecular complexity index is 970. The van der Waals surface area contributed by atoms with Gasteiger partial charge in [-0.05, 0) is 63.1 Å². The standard InChI is InChI=1S/C22H16/c1-2-8-15(7-1)20-13-16-9-3-5-11-18(16)22-19-12-6-4-10-17(19)14-21(20)22/h1-7,9-13H,8,14H2. The molecule has 0 nitrogen and oxygen atoms in total. The molecule has 0 bridgehead atoms. The molecule has 0 N–H and O–H groups in total. The summed E-state index contributed by atoms with van der Waals surface area (Å²) in [5, 5.41) is 2.73. The van der Waals surface area contributed by atoms with E-state index < -0.39 is 0 Å². The van der Waals surface area contributed by atoms with Crippen molar-refractivity contribution in [2.45, 2.75) is 12.8 Å². The molecule has 3 aromatic rings. The molecule has 2 aliphatic carbocycles. The number of hydrogen-bond donors (Lipinski definition) is 0. The average molecular weight is 280 g/mol. The van der Waals surface area contributed by atoms with Gasteiger partial charge in [-0.25, -0.2) is 0 Å². The molecule has 0 aromatic heterocycles. The van der Waals surface area contributed by atoms with Gasteiger partial charge < -0.3 is 0 Å². The van der Waals surface area contributed by atoms with Gasteiger partial charge in [0.25, 0.3) is 0 Å². The molecule has 0 amide bonds. The van der Waals surface area contributed by atoms with E-state index in [1.807, 2.05) is 0 Å². The Morgan fingerprint density at radius 2 is 1.68 bits per heavy atom. The van der Waals surface area contributed by atoms with Gasteiger partial charge in [0.1, 0.15) is 0 Å². The quantitative estimate of drug-likeness (QED) is 0.416. The third kappa shape index (κ3) is 1.58. The predicted molar refractivity (Wildman–Crippen MR) is 93.9 cm³/mol. The Balaban J connectivity index is 1.90. The summed E-state index contributed by atoms with van der Waals surface area (Å²) >= 11 is 0. The minimum atomic E-state index is 1.06. The third-order valence-corrected chi connectivity index (χ3v) is 4.93. The molecule has 0 unspecified atom stereocenters. The van der Waals surface area contributed by atoms with Gasteiger partial charge >= 0.3 is 0 Å². The molecule has 0 fully saturated rings. The molecule has 0 aliphatic heterocycles. The van der Waals surface area contributed by atoms with Crippen LogP contribution in [-0.4, -0.2) is 0 Å². The van der Waals surface area contributed by atoms with E-state index in [0.717, 1.165) is 12.8 Å². The summed E-state index contributed by atoms with van der Waals surface area (Å²) in [5.74, 6) is 0. The van der Waals surface area contributed by atoms with Crippen LogP contribution < -0.4 is 0 Å². The van der Waals surface area contributed by atoms with E-state index in [9.17, 15) is 0 Å². The molecule has 0 heterocycles. The molecule has 0 atom stereocenters. The van der Waals surface area contributed by atoms with Crippen LogP contribution in [0.25, 0.3) is 27.5 Å². The maximum Gasteiger partial charge on any atom is -0.000717 e. The zero-order chi connectivity index (χ0) is 14.5. The minimum absolute atomic E-state index is 1.06. The van der Waals surface area contributed by atoms with Crippen molar-refractivity contribution in [2.75, 3.05) is 0 Å². The molecular formula is C22H16. The third-order valence-electron chi connectivity index (χ3n) is 4.93. The fraction of sp³-hybridized carbons (Fsp3) is 0.0909. The summed E-state index contributed by atoms with van der Waals surface area (Å²) in [6.45, 7) is 0. The van der Waals surface area contributed by atoms with Crippen molar-refractivity contribution in [2.24, 2.45) is 0 Å². The predicted octanol–water partition coefficient (Wildman–Crippen LogP) is 5.75. The zero-order valence-electron chi connectivity index (χ0n) is 12.3. The molecule has 0 saturated carbocycles. The number of allylic oxidation sites excluding steroid dienone is 4. The van der Waals surface area contributed by atoms with Gasteiger partial charge in [0.05, 0.1) is 0 Å². The topological polar surface area (TPSA) is 0 Å². The molecule has 5 rings (SSSR count). The monoisotopic (exact) mass is 280 g/mol. The van der Waals surface area contributed by atoms with Gasteiger partial charge in [0, 0.05) is 0 Å². The largest absolute Gasteiger partial charge is 0.0801 e. The first-order chi connectivity index (χ1) is 10.9. The van der Waals surface area contributed by atoms with Gasteiger partial charge in [-0.1, -0.05) is 66.8 Å². The van der Waals surface area contributed by atoms with Gasteiger partial charge in [0.15, 0.2) is 0 Å². The van der Waals surface area contributed by atoms with Crippen molar-refractivity contribution in [3.05, 3.63) is 89.5 Å². The first kappa shape index (κ1) is 12.0. The zero-order valence-corrected chi connectivity index (χ0v) is 12.3. The van der Waals surface area contributed by atoms with E-state index in [0.29, 0.717) is 0 Å². The second kappa shape index (κ2) is 4.45. The summed E-state index contributed by atoms with van der Waals surface area (Å²) in [7, 11) is 0. The van der Waals surface area contributed by atoms with E-state index in [1.165, 1.54) is 44.2 Å². The lowest BCUT2D eigenvalue weighted by Gasteiger charge is -2.13. The highest BCUT2D eigenvalue weighted by Crippen LogP contribution is 2.45. The molecule has 2 aliphatic rings. The SMILES string of the molecule is C1=CCC(c2cc3ccccc3c3c2Cc2ccccc2-3)=C1. The van der Waals surface area contributed by atoms with E-state index in [1.54, 1.807) is 0 Å². The second-order valence-corrected chi connectivity index (χ2v) is 6.16. The smallest absolute Gasteiger partial charge is 0.000717 e. The molecule has 3 aromatic carbocycles. The minimum Gasteiger partial charge on any atom is -0.0801 e. The first-order valence-corrected chi connectivity index (χ1v) is 7.91. The molecule has 0 heteroatoms. The van der Waals surface area contributed by atoms with Gasteiger partial charge in [0.2, 0.25) is 0 Å². The molecule has 104 valence electrons. The fourth-order valence-electron chi connectivity index (χ4n) is 3.92. The van der Waals surface area contributed by atoms with Crippen molar-refractivity contribution < 1.29 is 0 Å².